The third kappa shape index (κ3) is 3.68. The molecule has 0 aromatic carbocycles. The highest BCUT2D eigenvalue weighted by Gasteiger charge is 2.24. The van der Waals surface area contributed by atoms with Gasteiger partial charge in [0, 0.05) is 36.3 Å². The van der Waals surface area contributed by atoms with Crippen LogP contribution in [0.5, 0.6) is 0 Å². The number of aromatic nitrogens is 1. The molecule has 0 radical (unpaired) electrons. The van der Waals surface area contributed by atoms with Crippen molar-refractivity contribution < 1.29 is 9.53 Å². The number of methoxy groups -OCH3 is 1. The molecule has 0 spiro atoms. The molecule has 1 fully saturated rings. The minimum Gasteiger partial charge on any atom is -0.453 e. The number of halogens is 1. The van der Waals surface area contributed by atoms with E-state index in [4.69, 9.17) is 0 Å². The second-order valence-electron chi connectivity index (χ2n) is 4.32. The number of carbonyl (C=O) groups excluding carboxylic acids is 1. The number of pyridine rings is 1. The molecule has 1 aliphatic heterocycles. The highest BCUT2D eigenvalue weighted by Crippen LogP contribution is 2.14. The number of nitrogens with one attached hydrogen (secondary N) is 1. The number of nitrogens with zero attached hydrogens (tertiary/aromatic N) is 2. The van der Waals surface area contributed by atoms with Gasteiger partial charge >= 0.3 is 6.09 Å². The van der Waals surface area contributed by atoms with Gasteiger partial charge in [0.1, 0.15) is 0 Å². The van der Waals surface area contributed by atoms with Gasteiger partial charge in [0.2, 0.25) is 0 Å². The summed E-state index contributed by atoms with van der Waals surface area (Å²) < 4.78 is 5.58. The van der Waals surface area contributed by atoms with Crippen LogP contribution in [0.4, 0.5) is 4.79 Å². The summed E-state index contributed by atoms with van der Waals surface area (Å²) in [6, 6.07) is 4.17. The van der Waals surface area contributed by atoms with Gasteiger partial charge in [-0.15, -0.1) is 0 Å². The number of ether oxygens (including phenoxy) is 1. The van der Waals surface area contributed by atoms with E-state index in [9.17, 15) is 4.79 Å². The Labute approximate surface area is 115 Å². The predicted molar refractivity (Wildman–Crippen MR) is 71.2 cm³/mol. The molecule has 1 unspecified atom stereocenters. The lowest BCUT2D eigenvalue weighted by Gasteiger charge is -2.15. The average molecular weight is 314 g/mol. The lowest BCUT2D eigenvalue weighted by Crippen LogP contribution is -2.36. The lowest BCUT2D eigenvalue weighted by atomic mass is 10.3. The first-order valence-electron chi connectivity index (χ1n) is 5.84. The van der Waals surface area contributed by atoms with E-state index in [0.717, 1.165) is 36.2 Å². The number of hydrogen-bond donors (Lipinski definition) is 1. The third-order valence-electron chi connectivity index (χ3n) is 2.95. The zero-order chi connectivity index (χ0) is 13.0. The summed E-state index contributed by atoms with van der Waals surface area (Å²) in [5.41, 5.74) is 1.04. The summed E-state index contributed by atoms with van der Waals surface area (Å²) in [6.07, 6.45) is 2.39. The number of hydrogen-bond acceptors (Lipinski definition) is 4. The summed E-state index contributed by atoms with van der Waals surface area (Å²) in [5, 5.41) is 2.82. The fourth-order valence-corrected chi connectivity index (χ4v) is 2.28. The first-order chi connectivity index (χ1) is 8.67. The van der Waals surface area contributed by atoms with Crippen molar-refractivity contribution in [3.05, 3.63) is 28.5 Å². The fraction of sp³-hybridized carbons (Fsp3) is 0.500. The van der Waals surface area contributed by atoms with Gasteiger partial charge in [-0.2, -0.15) is 0 Å². The van der Waals surface area contributed by atoms with Crippen LogP contribution in [0.3, 0.4) is 0 Å². The van der Waals surface area contributed by atoms with Crippen LogP contribution < -0.4 is 5.32 Å². The van der Waals surface area contributed by atoms with E-state index in [-0.39, 0.29) is 12.1 Å². The van der Waals surface area contributed by atoms with Crippen LogP contribution in [0.25, 0.3) is 0 Å². The van der Waals surface area contributed by atoms with Gasteiger partial charge in [-0.3, -0.25) is 9.88 Å². The molecule has 1 saturated heterocycles. The molecule has 1 aromatic heterocycles. The number of amides is 1. The van der Waals surface area contributed by atoms with E-state index >= 15 is 0 Å². The Balaban J connectivity index is 1.82. The number of alkyl carbamates (subject to hydrolysis) is 1. The van der Waals surface area contributed by atoms with E-state index in [1.165, 1.54) is 7.11 Å². The number of likely N-dealkylation sites (tertiary alicyclic amines) is 1. The van der Waals surface area contributed by atoms with Crippen LogP contribution in [-0.4, -0.2) is 42.2 Å². The van der Waals surface area contributed by atoms with Crippen LogP contribution >= 0.6 is 15.9 Å². The molecule has 0 aliphatic carbocycles. The summed E-state index contributed by atoms with van der Waals surface area (Å²) in [6.45, 7) is 2.62. The van der Waals surface area contributed by atoms with Crippen molar-refractivity contribution in [2.45, 2.75) is 19.0 Å². The van der Waals surface area contributed by atoms with E-state index in [1.807, 2.05) is 12.1 Å². The second-order valence-corrected chi connectivity index (χ2v) is 5.24. The van der Waals surface area contributed by atoms with Crippen LogP contribution in [0.15, 0.2) is 22.8 Å². The topological polar surface area (TPSA) is 54.5 Å². The molecule has 2 heterocycles. The monoisotopic (exact) mass is 313 g/mol. The fourth-order valence-electron chi connectivity index (χ4n) is 2.05. The Morgan fingerprint density at radius 1 is 1.67 bits per heavy atom. The first kappa shape index (κ1) is 13.3. The number of carbonyl (C=O) groups is 1. The largest absolute Gasteiger partial charge is 0.453 e. The molecular weight excluding hydrogens is 298 g/mol. The standard InChI is InChI=1S/C12H16BrN3O2/c1-18-12(17)15-11-4-5-16(8-11)7-10-3-2-9(13)6-14-10/h2-3,6,11H,4-5,7-8H2,1H3,(H,15,17). The minimum absolute atomic E-state index is 0.174. The highest BCUT2D eigenvalue weighted by molar-refractivity contribution is 9.10. The zero-order valence-electron chi connectivity index (χ0n) is 10.2. The first-order valence-corrected chi connectivity index (χ1v) is 6.64. The molecule has 18 heavy (non-hydrogen) atoms. The van der Waals surface area contributed by atoms with E-state index in [0.29, 0.717) is 0 Å². The molecule has 98 valence electrons. The van der Waals surface area contributed by atoms with Gasteiger partial charge in [0.25, 0.3) is 0 Å². The molecular formula is C12H16BrN3O2. The van der Waals surface area contributed by atoms with Crippen LogP contribution in [0, 0.1) is 0 Å². The van der Waals surface area contributed by atoms with Gasteiger partial charge in [-0.05, 0) is 34.5 Å². The molecule has 0 bridgehead atoms. The SMILES string of the molecule is COC(=O)NC1CCN(Cc2ccc(Br)cn2)C1. The maximum absolute atomic E-state index is 11.1. The maximum Gasteiger partial charge on any atom is 0.407 e. The molecule has 1 atom stereocenters. The Kier molecular flexibility index (Phi) is 4.54. The smallest absolute Gasteiger partial charge is 0.407 e. The second kappa shape index (κ2) is 6.15. The van der Waals surface area contributed by atoms with Crippen molar-refractivity contribution in [2.75, 3.05) is 20.2 Å². The van der Waals surface area contributed by atoms with Crippen molar-refractivity contribution in [1.82, 2.24) is 15.2 Å². The Morgan fingerprint density at radius 2 is 2.50 bits per heavy atom. The van der Waals surface area contributed by atoms with E-state index < -0.39 is 0 Å². The highest BCUT2D eigenvalue weighted by atomic mass is 79.9. The van der Waals surface area contributed by atoms with Gasteiger partial charge < -0.3 is 10.1 Å². The summed E-state index contributed by atoms with van der Waals surface area (Å²) >= 11 is 3.37. The van der Waals surface area contributed by atoms with Gasteiger partial charge in [0.05, 0.1) is 12.8 Å². The normalized spacial score (nSPS) is 19.8. The lowest BCUT2D eigenvalue weighted by molar-refractivity contribution is 0.166. The molecule has 0 saturated carbocycles. The van der Waals surface area contributed by atoms with Crippen molar-refractivity contribution in [2.24, 2.45) is 0 Å². The Hall–Kier alpha value is -1.14. The molecule has 1 aliphatic rings. The summed E-state index contributed by atoms with van der Waals surface area (Å²) in [5.74, 6) is 0. The number of rotatable bonds is 3. The van der Waals surface area contributed by atoms with Crippen LogP contribution in [0.1, 0.15) is 12.1 Å². The van der Waals surface area contributed by atoms with Crippen molar-refractivity contribution in [1.29, 1.82) is 0 Å². The molecule has 6 heteroatoms. The maximum atomic E-state index is 11.1. The minimum atomic E-state index is -0.358. The van der Waals surface area contributed by atoms with Crippen LogP contribution in [-0.2, 0) is 11.3 Å². The van der Waals surface area contributed by atoms with E-state index in [2.05, 4.69) is 35.9 Å². The molecule has 1 N–H and O–H groups in total. The Bertz CT molecular complexity index is 410. The van der Waals surface area contributed by atoms with Crippen molar-refractivity contribution >= 4 is 22.0 Å². The Morgan fingerprint density at radius 3 is 3.17 bits per heavy atom. The van der Waals surface area contributed by atoms with Crippen molar-refractivity contribution in [3.8, 4) is 0 Å². The molecule has 5 nitrogen and oxygen atoms in total. The van der Waals surface area contributed by atoms with Gasteiger partial charge in [-0.1, -0.05) is 0 Å². The summed E-state index contributed by atoms with van der Waals surface area (Å²) in [7, 11) is 1.38. The molecule has 1 amide bonds. The molecule has 1 aromatic rings. The molecule has 2 rings (SSSR count). The average Bonchev–Trinajstić information content (AvgIpc) is 2.79. The quantitative estimate of drug-likeness (QED) is 0.924. The zero-order valence-corrected chi connectivity index (χ0v) is 11.8. The third-order valence-corrected chi connectivity index (χ3v) is 3.42. The van der Waals surface area contributed by atoms with Gasteiger partial charge in [-0.25, -0.2) is 4.79 Å². The van der Waals surface area contributed by atoms with Crippen LogP contribution in [0.2, 0.25) is 0 Å². The predicted octanol–water partition coefficient (Wildman–Crippen LogP) is 1.77. The van der Waals surface area contributed by atoms with E-state index in [1.54, 1.807) is 6.20 Å². The van der Waals surface area contributed by atoms with Gasteiger partial charge in [0.15, 0.2) is 0 Å². The summed E-state index contributed by atoms with van der Waals surface area (Å²) in [4.78, 5) is 17.7. The van der Waals surface area contributed by atoms with Crippen molar-refractivity contribution in [3.63, 3.8) is 0 Å².